The fraction of sp³-hybridized carbons (Fsp3) is 0.762. The van der Waals surface area contributed by atoms with Crippen molar-refractivity contribution in [1.29, 1.82) is 0 Å². The molecule has 0 amide bonds. The lowest BCUT2D eigenvalue weighted by Crippen LogP contribution is -2.51. The SMILES string of the molecule is CCOC(OCC)C1CN(S(=O)(=O)c2ccc(C)nc2NCCC(C)CC)CCO1. The van der Waals surface area contributed by atoms with Gasteiger partial charge in [0.1, 0.15) is 16.8 Å². The van der Waals surface area contributed by atoms with E-state index in [0.717, 1.165) is 18.5 Å². The zero-order valence-corrected chi connectivity index (χ0v) is 19.7. The van der Waals surface area contributed by atoms with Crippen molar-refractivity contribution in [3.8, 4) is 0 Å². The minimum Gasteiger partial charge on any atom is -0.370 e. The molecule has 1 aromatic heterocycles. The van der Waals surface area contributed by atoms with E-state index in [1.54, 1.807) is 12.1 Å². The number of sulfonamides is 1. The number of aromatic nitrogens is 1. The van der Waals surface area contributed by atoms with Crippen molar-refractivity contribution in [3.05, 3.63) is 17.8 Å². The highest BCUT2D eigenvalue weighted by molar-refractivity contribution is 7.89. The van der Waals surface area contributed by atoms with Gasteiger partial charge in [0.2, 0.25) is 10.0 Å². The molecule has 1 fully saturated rings. The van der Waals surface area contributed by atoms with E-state index in [9.17, 15) is 8.42 Å². The standard InChI is InChI=1S/C21H37N3O5S/c1-6-16(4)11-12-22-20-19(10-9-17(5)23-20)30(25,26)24-13-14-29-18(15-24)21(27-7-2)28-8-3/h9-10,16,18,21H,6-8,11-15H2,1-5H3,(H,22,23). The molecule has 0 radical (unpaired) electrons. The first-order valence-electron chi connectivity index (χ1n) is 10.9. The number of morpholine rings is 1. The highest BCUT2D eigenvalue weighted by atomic mass is 32.2. The molecule has 172 valence electrons. The summed E-state index contributed by atoms with van der Waals surface area (Å²) in [6, 6.07) is 3.37. The minimum absolute atomic E-state index is 0.174. The van der Waals surface area contributed by atoms with Crippen LogP contribution in [0, 0.1) is 12.8 Å². The molecule has 2 atom stereocenters. The monoisotopic (exact) mass is 443 g/mol. The van der Waals surface area contributed by atoms with Gasteiger partial charge in [0.15, 0.2) is 6.29 Å². The Morgan fingerprint density at radius 2 is 1.97 bits per heavy atom. The number of rotatable bonds is 12. The highest BCUT2D eigenvalue weighted by Gasteiger charge is 2.36. The van der Waals surface area contributed by atoms with Gasteiger partial charge in [-0.2, -0.15) is 4.31 Å². The number of hydrogen-bond donors (Lipinski definition) is 1. The molecule has 9 heteroatoms. The van der Waals surface area contributed by atoms with Crippen molar-refractivity contribution < 1.29 is 22.6 Å². The van der Waals surface area contributed by atoms with Crippen LogP contribution in [0.4, 0.5) is 5.82 Å². The molecule has 8 nitrogen and oxygen atoms in total. The van der Waals surface area contributed by atoms with Gasteiger partial charge < -0.3 is 19.5 Å². The molecule has 2 heterocycles. The Kier molecular flexibility index (Phi) is 9.96. The van der Waals surface area contributed by atoms with Crippen molar-refractivity contribution in [2.45, 2.75) is 64.7 Å². The van der Waals surface area contributed by atoms with Gasteiger partial charge in [0, 0.05) is 38.5 Å². The summed E-state index contributed by atoms with van der Waals surface area (Å²) in [7, 11) is -3.74. The lowest BCUT2D eigenvalue weighted by Gasteiger charge is -2.35. The highest BCUT2D eigenvalue weighted by Crippen LogP contribution is 2.26. The fourth-order valence-corrected chi connectivity index (χ4v) is 4.82. The summed E-state index contributed by atoms with van der Waals surface area (Å²) in [5.74, 6) is 0.976. The Bertz CT molecular complexity index is 753. The number of anilines is 1. The Labute approximate surface area is 181 Å². The maximum absolute atomic E-state index is 13.5. The first-order chi connectivity index (χ1) is 14.3. The lowest BCUT2D eigenvalue weighted by molar-refractivity contribution is -0.213. The quantitative estimate of drug-likeness (QED) is 0.497. The van der Waals surface area contributed by atoms with Crippen LogP contribution in [-0.4, -0.2) is 69.6 Å². The number of aryl methyl sites for hydroxylation is 1. The second-order valence-electron chi connectivity index (χ2n) is 7.58. The molecule has 0 spiro atoms. The summed E-state index contributed by atoms with van der Waals surface area (Å²) in [5, 5.41) is 3.24. The average molecular weight is 444 g/mol. The van der Waals surface area contributed by atoms with E-state index in [2.05, 4.69) is 24.1 Å². The van der Waals surface area contributed by atoms with E-state index in [1.807, 2.05) is 20.8 Å². The molecule has 30 heavy (non-hydrogen) atoms. The van der Waals surface area contributed by atoms with Crippen LogP contribution >= 0.6 is 0 Å². The molecule has 0 aromatic carbocycles. The van der Waals surface area contributed by atoms with Gasteiger partial charge in [-0.05, 0) is 45.2 Å². The van der Waals surface area contributed by atoms with Gasteiger partial charge in [0.25, 0.3) is 0 Å². The van der Waals surface area contributed by atoms with Crippen LogP contribution in [0.25, 0.3) is 0 Å². The Balaban J connectivity index is 2.20. The summed E-state index contributed by atoms with van der Waals surface area (Å²) in [6.45, 7) is 12.3. The number of hydrogen-bond acceptors (Lipinski definition) is 7. The van der Waals surface area contributed by atoms with Crippen LogP contribution < -0.4 is 5.32 Å². The summed E-state index contributed by atoms with van der Waals surface area (Å²) >= 11 is 0. The molecular formula is C21H37N3O5S. The van der Waals surface area contributed by atoms with Gasteiger partial charge in [-0.3, -0.25) is 0 Å². The normalized spacial score (nSPS) is 19.2. The number of ether oxygens (including phenoxy) is 3. The van der Waals surface area contributed by atoms with Crippen molar-refractivity contribution in [2.24, 2.45) is 5.92 Å². The molecule has 2 rings (SSSR count). The molecular weight excluding hydrogens is 406 g/mol. The van der Waals surface area contributed by atoms with Crippen molar-refractivity contribution in [2.75, 3.05) is 44.8 Å². The smallest absolute Gasteiger partial charge is 0.246 e. The average Bonchev–Trinajstić information content (AvgIpc) is 2.73. The molecule has 1 aromatic rings. The molecule has 0 saturated carbocycles. The Morgan fingerprint density at radius 3 is 2.60 bits per heavy atom. The van der Waals surface area contributed by atoms with E-state index >= 15 is 0 Å². The third kappa shape index (κ3) is 6.62. The number of nitrogens with zero attached hydrogens (tertiary/aromatic N) is 2. The van der Waals surface area contributed by atoms with E-state index in [-0.39, 0.29) is 24.6 Å². The molecule has 2 unspecified atom stereocenters. The number of pyridine rings is 1. The molecule has 0 bridgehead atoms. The third-order valence-electron chi connectivity index (χ3n) is 5.26. The zero-order valence-electron chi connectivity index (χ0n) is 18.9. The molecule has 1 N–H and O–H groups in total. The minimum atomic E-state index is -3.74. The first-order valence-corrected chi connectivity index (χ1v) is 12.3. The molecule has 1 saturated heterocycles. The first kappa shape index (κ1) is 25.0. The van der Waals surface area contributed by atoms with Crippen molar-refractivity contribution in [3.63, 3.8) is 0 Å². The van der Waals surface area contributed by atoms with Crippen LogP contribution in [0.15, 0.2) is 17.0 Å². The Morgan fingerprint density at radius 1 is 1.27 bits per heavy atom. The largest absolute Gasteiger partial charge is 0.370 e. The van der Waals surface area contributed by atoms with Crippen LogP contribution in [0.2, 0.25) is 0 Å². The molecule has 1 aliphatic heterocycles. The van der Waals surface area contributed by atoms with Gasteiger partial charge >= 0.3 is 0 Å². The van der Waals surface area contributed by atoms with E-state index in [0.29, 0.717) is 31.5 Å². The van der Waals surface area contributed by atoms with Crippen LogP contribution in [0.1, 0.15) is 46.2 Å². The topological polar surface area (TPSA) is 90.0 Å². The van der Waals surface area contributed by atoms with Crippen LogP contribution in [0.3, 0.4) is 0 Å². The molecule has 1 aliphatic rings. The van der Waals surface area contributed by atoms with Gasteiger partial charge in [-0.1, -0.05) is 20.3 Å². The number of nitrogens with one attached hydrogen (secondary N) is 1. The van der Waals surface area contributed by atoms with E-state index in [1.165, 1.54) is 4.31 Å². The van der Waals surface area contributed by atoms with E-state index in [4.69, 9.17) is 14.2 Å². The Hall–Kier alpha value is -1.26. The van der Waals surface area contributed by atoms with Crippen molar-refractivity contribution in [1.82, 2.24) is 9.29 Å². The van der Waals surface area contributed by atoms with Gasteiger partial charge in [-0.15, -0.1) is 0 Å². The van der Waals surface area contributed by atoms with Gasteiger partial charge in [0.05, 0.1) is 6.61 Å². The maximum Gasteiger partial charge on any atom is 0.246 e. The zero-order chi connectivity index (χ0) is 22.1. The maximum atomic E-state index is 13.5. The second kappa shape index (κ2) is 12.0. The lowest BCUT2D eigenvalue weighted by atomic mass is 10.1. The van der Waals surface area contributed by atoms with Crippen molar-refractivity contribution >= 4 is 15.8 Å². The summed E-state index contributed by atoms with van der Waals surface area (Å²) in [6.07, 6.45) is 0.968. The van der Waals surface area contributed by atoms with E-state index < -0.39 is 22.4 Å². The summed E-state index contributed by atoms with van der Waals surface area (Å²) in [5.41, 5.74) is 0.771. The molecule has 0 aliphatic carbocycles. The summed E-state index contributed by atoms with van der Waals surface area (Å²) < 4.78 is 45.4. The van der Waals surface area contributed by atoms with Gasteiger partial charge in [-0.25, -0.2) is 13.4 Å². The predicted molar refractivity (Wildman–Crippen MR) is 117 cm³/mol. The third-order valence-corrected chi connectivity index (χ3v) is 7.16. The van der Waals surface area contributed by atoms with Crippen LogP contribution in [0.5, 0.6) is 0 Å². The second-order valence-corrected chi connectivity index (χ2v) is 9.49. The summed E-state index contributed by atoms with van der Waals surface area (Å²) in [4.78, 5) is 4.67. The van der Waals surface area contributed by atoms with Crippen LogP contribution in [-0.2, 0) is 24.2 Å². The predicted octanol–water partition coefficient (Wildman–Crippen LogP) is 3.03. The fourth-order valence-electron chi connectivity index (χ4n) is 3.28.